The minimum absolute atomic E-state index is 0.199. The van der Waals surface area contributed by atoms with Crippen LogP contribution in [-0.2, 0) is 9.59 Å². The van der Waals surface area contributed by atoms with Gasteiger partial charge < -0.3 is 15.3 Å². The molecule has 0 amide bonds. The van der Waals surface area contributed by atoms with Gasteiger partial charge in [-0.2, -0.15) is 0 Å². The zero-order chi connectivity index (χ0) is 11.8. The van der Waals surface area contributed by atoms with E-state index >= 15 is 0 Å². The normalized spacial score (nSPS) is 41.1. The lowest BCUT2D eigenvalue weighted by Crippen LogP contribution is -2.50. The van der Waals surface area contributed by atoms with E-state index in [1.165, 1.54) is 6.92 Å². The molecule has 1 rings (SSSR count). The van der Waals surface area contributed by atoms with Crippen LogP contribution < -0.4 is 0 Å². The number of carbonyl (C=O) groups is 2. The Morgan fingerprint density at radius 2 is 1.87 bits per heavy atom. The number of hydrogen-bond acceptors (Lipinski definition) is 3. The van der Waals surface area contributed by atoms with Gasteiger partial charge in [0.05, 0.1) is 17.4 Å². The number of carboxylic acid groups (broad SMARTS) is 2. The lowest BCUT2D eigenvalue weighted by molar-refractivity contribution is -0.172. The molecule has 4 atom stereocenters. The zero-order valence-electron chi connectivity index (χ0n) is 8.80. The molecule has 4 unspecified atom stereocenters. The Hall–Kier alpha value is -1.10. The van der Waals surface area contributed by atoms with E-state index in [-0.39, 0.29) is 6.42 Å². The molecule has 0 aromatic heterocycles. The lowest BCUT2D eigenvalue weighted by Gasteiger charge is -2.41. The first-order valence-corrected chi connectivity index (χ1v) is 4.95. The van der Waals surface area contributed by atoms with E-state index in [9.17, 15) is 14.7 Å². The second-order valence-electron chi connectivity index (χ2n) is 4.50. The van der Waals surface area contributed by atoms with Crippen LogP contribution in [0.2, 0.25) is 0 Å². The topological polar surface area (TPSA) is 94.8 Å². The number of aliphatic carboxylic acids is 2. The van der Waals surface area contributed by atoms with Gasteiger partial charge in [0.1, 0.15) is 0 Å². The van der Waals surface area contributed by atoms with E-state index in [1.807, 2.05) is 0 Å². The molecule has 0 aromatic rings. The molecule has 86 valence electrons. The van der Waals surface area contributed by atoms with Crippen LogP contribution in [-0.4, -0.2) is 33.4 Å². The van der Waals surface area contributed by atoms with Crippen molar-refractivity contribution in [3.63, 3.8) is 0 Å². The second kappa shape index (κ2) is 3.81. The van der Waals surface area contributed by atoms with Gasteiger partial charge in [-0.05, 0) is 25.7 Å². The molecule has 0 radical (unpaired) electrons. The Morgan fingerprint density at radius 1 is 1.33 bits per heavy atom. The predicted octanol–water partition coefficient (Wildman–Crippen LogP) is 0.569. The fourth-order valence-corrected chi connectivity index (χ4v) is 2.41. The smallest absolute Gasteiger partial charge is 0.310 e. The molecule has 1 aliphatic rings. The van der Waals surface area contributed by atoms with Crippen LogP contribution in [0.3, 0.4) is 0 Å². The average molecular weight is 216 g/mol. The Labute approximate surface area is 87.7 Å². The number of rotatable bonds is 2. The SMILES string of the molecule is CC1C(O)CCC(C)(C(=O)O)C1C(=O)O. The largest absolute Gasteiger partial charge is 0.481 e. The van der Waals surface area contributed by atoms with Gasteiger partial charge in [0.25, 0.3) is 0 Å². The molecule has 0 spiro atoms. The first kappa shape index (κ1) is 12.0. The van der Waals surface area contributed by atoms with Gasteiger partial charge in [0, 0.05) is 0 Å². The summed E-state index contributed by atoms with van der Waals surface area (Å²) in [5, 5.41) is 27.7. The molecular formula is C10H16O5. The number of hydrogen-bond donors (Lipinski definition) is 3. The fraction of sp³-hybridized carbons (Fsp3) is 0.800. The van der Waals surface area contributed by atoms with Gasteiger partial charge in [-0.3, -0.25) is 9.59 Å². The molecule has 5 nitrogen and oxygen atoms in total. The van der Waals surface area contributed by atoms with Crippen molar-refractivity contribution in [1.82, 2.24) is 0 Å². The predicted molar refractivity (Wildman–Crippen MR) is 51.3 cm³/mol. The summed E-state index contributed by atoms with van der Waals surface area (Å²) in [7, 11) is 0. The van der Waals surface area contributed by atoms with Crippen LogP contribution in [0, 0.1) is 17.3 Å². The maximum absolute atomic E-state index is 11.1. The summed E-state index contributed by atoms with van der Waals surface area (Å²) in [4.78, 5) is 22.2. The van der Waals surface area contributed by atoms with Crippen molar-refractivity contribution in [3.05, 3.63) is 0 Å². The molecule has 0 bridgehead atoms. The number of aliphatic hydroxyl groups is 1. The van der Waals surface area contributed by atoms with Crippen molar-refractivity contribution in [2.45, 2.75) is 32.8 Å². The van der Waals surface area contributed by atoms with Crippen molar-refractivity contribution in [2.24, 2.45) is 17.3 Å². The first-order chi connectivity index (χ1) is 6.80. The van der Waals surface area contributed by atoms with Crippen LogP contribution in [0.4, 0.5) is 0 Å². The van der Waals surface area contributed by atoms with Gasteiger partial charge in [-0.25, -0.2) is 0 Å². The second-order valence-corrected chi connectivity index (χ2v) is 4.50. The minimum Gasteiger partial charge on any atom is -0.481 e. The molecule has 1 aliphatic carbocycles. The zero-order valence-corrected chi connectivity index (χ0v) is 8.80. The molecule has 3 N–H and O–H groups in total. The maximum Gasteiger partial charge on any atom is 0.310 e. The van der Waals surface area contributed by atoms with E-state index < -0.39 is 35.3 Å². The van der Waals surface area contributed by atoms with Crippen LogP contribution in [0.5, 0.6) is 0 Å². The summed E-state index contributed by atoms with van der Waals surface area (Å²) >= 11 is 0. The molecule has 0 aromatic carbocycles. The fourth-order valence-electron chi connectivity index (χ4n) is 2.41. The van der Waals surface area contributed by atoms with Crippen LogP contribution in [0.15, 0.2) is 0 Å². The van der Waals surface area contributed by atoms with Gasteiger partial charge in [-0.15, -0.1) is 0 Å². The van der Waals surface area contributed by atoms with Crippen LogP contribution in [0.1, 0.15) is 26.7 Å². The highest BCUT2D eigenvalue weighted by molar-refractivity contribution is 5.83. The third-order valence-corrected chi connectivity index (χ3v) is 3.53. The number of aliphatic hydroxyl groups excluding tert-OH is 1. The summed E-state index contributed by atoms with van der Waals surface area (Å²) < 4.78 is 0. The summed E-state index contributed by atoms with van der Waals surface area (Å²) in [6.45, 7) is 3.03. The van der Waals surface area contributed by atoms with Crippen molar-refractivity contribution in [1.29, 1.82) is 0 Å². The monoisotopic (exact) mass is 216 g/mol. The van der Waals surface area contributed by atoms with E-state index in [1.54, 1.807) is 6.92 Å². The molecule has 1 fully saturated rings. The average Bonchev–Trinajstić information content (AvgIpc) is 2.11. The van der Waals surface area contributed by atoms with Crippen molar-refractivity contribution < 1.29 is 24.9 Å². The molecule has 0 aliphatic heterocycles. The Balaban J connectivity index is 3.07. The summed E-state index contributed by atoms with van der Waals surface area (Å²) in [6.07, 6.45) is -0.183. The first-order valence-electron chi connectivity index (χ1n) is 4.95. The molecule has 5 heteroatoms. The molecular weight excluding hydrogens is 200 g/mol. The third-order valence-electron chi connectivity index (χ3n) is 3.53. The quantitative estimate of drug-likeness (QED) is 0.627. The Kier molecular flexibility index (Phi) is 3.04. The van der Waals surface area contributed by atoms with E-state index in [0.29, 0.717) is 6.42 Å². The van der Waals surface area contributed by atoms with Gasteiger partial charge >= 0.3 is 11.9 Å². The summed E-state index contributed by atoms with van der Waals surface area (Å²) in [5.41, 5.74) is -1.27. The molecule has 0 saturated heterocycles. The maximum atomic E-state index is 11.1. The van der Waals surface area contributed by atoms with Gasteiger partial charge in [-0.1, -0.05) is 6.92 Å². The van der Waals surface area contributed by atoms with Crippen LogP contribution in [0.25, 0.3) is 0 Å². The highest BCUT2D eigenvalue weighted by atomic mass is 16.4. The lowest BCUT2D eigenvalue weighted by atomic mass is 9.62. The van der Waals surface area contributed by atoms with Crippen LogP contribution >= 0.6 is 0 Å². The number of carboxylic acids is 2. The Bertz CT molecular complexity index is 288. The standard InChI is InChI=1S/C10H16O5/c1-5-6(11)3-4-10(2,9(14)15)7(5)8(12)13/h5-7,11H,3-4H2,1-2H3,(H,12,13)(H,14,15). The van der Waals surface area contributed by atoms with E-state index in [2.05, 4.69) is 0 Å². The third kappa shape index (κ3) is 1.84. The van der Waals surface area contributed by atoms with Crippen molar-refractivity contribution in [2.75, 3.05) is 0 Å². The van der Waals surface area contributed by atoms with E-state index in [0.717, 1.165) is 0 Å². The van der Waals surface area contributed by atoms with Crippen molar-refractivity contribution >= 4 is 11.9 Å². The summed E-state index contributed by atoms with van der Waals surface area (Å²) in [6, 6.07) is 0. The Morgan fingerprint density at radius 3 is 2.27 bits per heavy atom. The summed E-state index contributed by atoms with van der Waals surface area (Å²) in [5.74, 6) is -3.81. The molecule has 15 heavy (non-hydrogen) atoms. The molecule has 0 heterocycles. The van der Waals surface area contributed by atoms with Crippen molar-refractivity contribution in [3.8, 4) is 0 Å². The van der Waals surface area contributed by atoms with Gasteiger partial charge in [0.15, 0.2) is 0 Å². The minimum atomic E-state index is -1.27. The molecule has 1 saturated carbocycles. The van der Waals surface area contributed by atoms with E-state index in [4.69, 9.17) is 10.2 Å². The van der Waals surface area contributed by atoms with Gasteiger partial charge in [0.2, 0.25) is 0 Å². The highest BCUT2D eigenvalue weighted by Crippen LogP contribution is 2.44. The highest BCUT2D eigenvalue weighted by Gasteiger charge is 2.52.